The first kappa shape index (κ1) is 23.4. The number of rotatable bonds is 7. The average Bonchev–Trinajstić information content (AvgIpc) is 3.22. The van der Waals surface area contributed by atoms with Crippen LogP contribution in [0.5, 0.6) is 23.1 Å². The highest BCUT2D eigenvalue weighted by Gasteiger charge is 2.34. The first-order chi connectivity index (χ1) is 17.5. The van der Waals surface area contributed by atoms with Crippen LogP contribution in [-0.2, 0) is 4.79 Å². The minimum absolute atomic E-state index is 0.00314. The van der Waals surface area contributed by atoms with Gasteiger partial charge in [-0.2, -0.15) is 0 Å². The number of ether oxygens (including phenoxy) is 2. The number of benzene rings is 2. The van der Waals surface area contributed by atoms with Gasteiger partial charge in [-0.3, -0.25) is 9.59 Å². The van der Waals surface area contributed by atoms with E-state index < -0.39 is 5.91 Å². The number of allylic oxidation sites excluding steroid dienone is 1. The second-order valence-electron chi connectivity index (χ2n) is 9.00. The Balaban J connectivity index is 1.40. The summed E-state index contributed by atoms with van der Waals surface area (Å²) in [4.78, 5) is 31.0. The van der Waals surface area contributed by atoms with Crippen molar-refractivity contribution in [2.45, 2.75) is 25.3 Å². The Morgan fingerprint density at radius 1 is 0.944 bits per heavy atom. The number of carbonyl (C=O) groups excluding carboxylic acids is 2. The molecule has 0 radical (unpaired) electrons. The summed E-state index contributed by atoms with van der Waals surface area (Å²) in [6, 6.07) is 20.0. The Hall–Kier alpha value is -4.39. The van der Waals surface area contributed by atoms with Crippen LogP contribution in [0.1, 0.15) is 35.3 Å². The average molecular weight is 482 g/mol. The molecule has 1 fully saturated rings. The van der Waals surface area contributed by atoms with Gasteiger partial charge in [0.25, 0.3) is 5.91 Å². The van der Waals surface area contributed by atoms with Crippen molar-refractivity contribution in [1.82, 2.24) is 9.88 Å². The largest absolute Gasteiger partial charge is 0.457 e. The first-order valence-corrected chi connectivity index (χ1v) is 12.0. The van der Waals surface area contributed by atoms with Crippen LogP contribution in [0.4, 0.5) is 0 Å². The van der Waals surface area contributed by atoms with E-state index >= 15 is 0 Å². The van der Waals surface area contributed by atoms with Gasteiger partial charge < -0.3 is 20.1 Å². The Morgan fingerprint density at radius 3 is 2.33 bits per heavy atom. The van der Waals surface area contributed by atoms with Gasteiger partial charge >= 0.3 is 0 Å². The number of primary amides is 1. The molecule has 1 aliphatic carbocycles. The summed E-state index contributed by atoms with van der Waals surface area (Å²) in [7, 11) is 0. The summed E-state index contributed by atoms with van der Waals surface area (Å²) in [5, 5.41) is 0. The number of aromatic nitrogens is 1. The van der Waals surface area contributed by atoms with Gasteiger partial charge in [-0.1, -0.05) is 30.9 Å². The van der Waals surface area contributed by atoms with E-state index in [0.717, 1.165) is 30.6 Å². The molecule has 2 unspecified atom stereocenters. The first-order valence-electron chi connectivity index (χ1n) is 12.0. The van der Waals surface area contributed by atoms with E-state index in [-0.39, 0.29) is 23.4 Å². The monoisotopic (exact) mass is 481 g/mol. The standard InChI is InChI=1S/C29H27N3O4/c1-2-27(33)32-18-19-8-9-21(32)17-20(16-19)26-15-14-25(28(30)34)29(31-26)36-24-12-10-23(11-13-24)35-22-6-4-3-5-7-22/h2-7,10-15,17,19,21H,1,8-9,16,18H2,(H2,30,34). The van der Waals surface area contributed by atoms with Gasteiger partial charge in [-0.05, 0) is 85.4 Å². The van der Waals surface area contributed by atoms with Crippen LogP contribution in [0.2, 0.25) is 0 Å². The lowest BCUT2D eigenvalue weighted by molar-refractivity contribution is -0.129. The molecule has 2 amide bonds. The quantitative estimate of drug-likeness (QED) is 0.459. The maximum atomic E-state index is 12.3. The minimum atomic E-state index is -0.620. The van der Waals surface area contributed by atoms with Crippen LogP contribution in [0.25, 0.3) is 5.57 Å². The molecule has 3 aromatic rings. The molecule has 1 saturated heterocycles. The van der Waals surface area contributed by atoms with E-state index in [1.54, 1.807) is 36.4 Å². The molecule has 2 N–H and O–H groups in total. The zero-order valence-corrected chi connectivity index (χ0v) is 19.8. The highest BCUT2D eigenvalue weighted by atomic mass is 16.5. The topological polar surface area (TPSA) is 94.8 Å². The molecule has 3 heterocycles. The van der Waals surface area contributed by atoms with E-state index in [2.05, 4.69) is 17.6 Å². The molecule has 1 aromatic heterocycles. The van der Waals surface area contributed by atoms with Gasteiger partial charge in [-0.15, -0.1) is 0 Å². The minimum Gasteiger partial charge on any atom is -0.457 e. The maximum Gasteiger partial charge on any atom is 0.254 e. The molecular formula is C29H27N3O4. The number of fused-ring (bicyclic) bond motifs is 3. The number of para-hydroxylation sites is 1. The molecule has 36 heavy (non-hydrogen) atoms. The predicted octanol–water partition coefficient (Wildman–Crippen LogP) is 5.35. The SMILES string of the molecule is C=CC(=O)N1CC2CCC1C=C(c1ccc(C(N)=O)c(Oc3ccc(Oc4ccccc4)cc3)n1)C2. The molecule has 3 aliphatic rings. The van der Waals surface area contributed by atoms with E-state index in [1.807, 2.05) is 35.2 Å². The molecule has 182 valence electrons. The maximum absolute atomic E-state index is 12.3. The van der Waals surface area contributed by atoms with Crippen molar-refractivity contribution in [2.75, 3.05) is 6.54 Å². The van der Waals surface area contributed by atoms with Gasteiger partial charge in [0.05, 0.1) is 11.7 Å². The second kappa shape index (κ2) is 10.1. The van der Waals surface area contributed by atoms with Crippen molar-refractivity contribution < 1.29 is 19.1 Å². The zero-order chi connectivity index (χ0) is 25.1. The highest BCUT2D eigenvalue weighted by molar-refractivity contribution is 5.95. The smallest absolute Gasteiger partial charge is 0.254 e. The lowest BCUT2D eigenvalue weighted by Gasteiger charge is -2.35. The molecule has 0 saturated carbocycles. The third-order valence-electron chi connectivity index (χ3n) is 6.56. The Bertz CT molecular complexity index is 1320. The molecule has 2 atom stereocenters. The number of pyridine rings is 1. The third kappa shape index (κ3) is 5.00. The van der Waals surface area contributed by atoms with Gasteiger partial charge in [0.1, 0.15) is 22.8 Å². The van der Waals surface area contributed by atoms with Crippen molar-refractivity contribution >= 4 is 17.4 Å². The molecule has 2 bridgehead atoms. The van der Waals surface area contributed by atoms with Crippen molar-refractivity contribution in [1.29, 1.82) is 0 Å². The summed E-state index contributed by atoms with van der Waals surface area (Å²) in [6.45, 7) is 4.34. The van der Waals surface area contributed by atoms with Crippen LogP contribution in [0.15, 0.2) is 85.5 Å². The zero-order valence-electron chi connectivity index (χ0n) is 19.8. The van der Waals surface area contributed by atoms with Crippen LogP contribution in [0, 0.1) is 5.92 Å². The molecule has 6 rings (SSSR count). The number of hydrogen-bond acceptors (Lipinski definition) is 5. The fraction of sp³-hybridized carbons (Fsp3) is 0.207. The van der Waals surface area contributed by atoms with Gasteiger partial charge in [0.15, 0.2) is 0 Å². The number of nitrogens with zero attached hydrogens (tertiary/aromatic N) is 2. The summed E-state index contributed by atoms with van der Waals surface area (Å²) in [6.07, 6.45) is 6.24. The molecule has 7 nitrogen and oxygen atoms in total. The second-order valence-corrected chi connectivity index (χ2v) is 9.00. The summed E-state index contributed by atoms with van der Waals surface area (Å²) >= 11 is 0. The number of hydrogen-bond donors (Lipinski definition) is 1. The summed E-state index contributed by atoms with van der Waals surface area (Å²) in [5.41, 5.74) is 7.55. The summed E-state index contributed by atoms with van der Waals surface area (Å²) in [5.74, 6) is 1.71. The lowest BCUT2D eigenvalue weighted by atomic mass is 9.92. The molecule has 2 aromatic carbocycles. The van der Waals surface area contributed by atoms with E-state index in [1.165, 1.54) is 6.08 Å². The highest BCUT2D eigenvalue weighted by Crippen LogP contribution is 2.37. The van der Waals surface area contributed by atoms with E-state index in [4.69, 9.17) is 15.2 Å². The van der Waals surface area contributed by atoms with Crippen molar-refractivity contribution in [3.8, 4) is 23.1 Å². The van der Waals surface area contributed by atoms with Crippen molar-refractivity contribution in [3.05, 3.63) is 96.7 Å². The fourth-order valence-electron chi connectivity index (χ4n) is 4.78. The molecular weight excluding hydrogens is 454 g/mol. The fourth-order valence-corrected chi connectivity index (χ4v) is 4.78. The van der Waals surface area contributed by atoms with Crippen LogP contribution in [0.3, 0.4) is 0 Å². The van der Waals surface area contributed by atoms with Crippen LogP contribution >= 0.6 is 0 Å². The predicted molar refractivity (Wildman–Crippen MR) is 137 cm³/mol. The Labute approximate surface area is 209 Å². The Morgan fingerprint density at radius 2 is 1.64 bits per heavy atom. The third-order valence-corrected chi connectivity index (χ3v) is 6.56. The van der Waals surface area contributed by atoms with E-state index in [0.29, 0.717) is 29.7 Å². The number of carbonyl (C=O) groups is 2. The van der Waals surface area contributed by atoms with Crippen LogP contribution < -0.4 is 15.2 Å². The van der Waals surface area contributed by atoms with Crippen molar-refractivity contribution in [3.63, 3.8) is 0 Å². The van der Waals surface area contributed by atoms with Crippen LogP contribution in [-0.4, -0.2) is 34.3 Å². The molecule has 2 aliphatic heterocycles. The number of amides is 2. The number of nitrogens with two attached hydrogens (primary N) is 1. The lowest BCUT2D eigenvalue weighted by Crippen LogP contribution is -2.44. The molecule has 0 spiro atoms. The van der Waals surface area contributed by atoms with E-state index in [9.17, 15) is 9.59 Å². The molecule has 7 heteroatoms. The van der Waals surface area contributed by atoms with Gasteiger partial charge in [-0.25, -0.2) is 4.98 Å². The summed E-state index contributed by atoms with van der Waals surface area (Å²) < 4.78 is 11.8. The van der Waals surface area contributed by atoms with Gasteiger partial charge in [0.2, 0.25) is 11.8 Å². The van der Waals surface area contributed by atoms with Gasteiger partial charge in [0, 0.05) is 6.54 Å². The normalized spacial score (nSPS) is 18.7. The Kier molecular flexibility index (Phi) is 6.54. The van der Waals surface area contributed by atoms with Crippen molar-refractivity contribution in [2.24, 2.45) is 11.7 Å². The number of piperidine rings is 1.